The first-order chi connectivity index (χ1) is 15.1. The number of pyridine rings is 1. The van der Waals surface area contributed by atoms with Crippen LogP contribution >= 0.6 is 0 Å². The maximum absolute atomic E-state index is 13.5. The molecule has 1 aromatic carbocycles. The molecule has 0 amide bonds. The summed E-state index contributed by atoms with van der Waals surface area (Å²) < 4.78 is 65.7. The third kappa shape index (κ3) is 5.12. The number of nitrogens with zero attached hydrogens (tertiary/aromatic N) is 4. The summed E-state index contributed by atoms with van der Waals surface area (Å²) in [5, 5.41) is 2.82. The number of aromatic nitrogens is 3. The minimum atomic E-state index is -4.57. The molecule has 10 heteroatoms. The molecule has 1 aliphatic heterocycles. The Bertz CT molecular complexity index is 1110. The van der Waals surface area contributed by atoms with Crippen LogP contribution in [0.1, 0.15) is 24.1 Å². The Hall–Kier alpha value is -3.30. The second-order valence-corrected chi connectivity index (χ2v) is 7.72. The van der Waals surface area contributed by atoms with Gasteiger partial charge in [0.25, 0.3) is 5.92 Å². The van der Waals surface area contributed by atoms with Gasteiger partial charge in [-0.25, -0.2) is 23.7 Å². The van der Waals surface area contributed by atoms with Crippen LogP contribution in [0.2, 0.25) is 0 Å². The van der Waals surface area contributed by atoms with Crippen LogP contribution in [0.15, 0.2) is 48.8 Å². The van der Waals surface area contributed by atoms with Crippen molar-refractivity contribution in [3.63, 3.8) is 0 Å². The van der Waals surface area contributed by atoms with Crippen molar-refractivity contribution in [2.24, 2.45) is 0 Å². The summed E-state index contributed by atoms with van der Waals surface area (Å²) in [7, 11) is 0. The van der Waals surface area contributed by atoms with Gasteiger partial charge in [-0.05, 0) is 53.9 Å². The third-order valence-electron chi connectivity index (χ3n) is 5.18. The van der Waals surface area contributed by atoms with Crippen molar-refractivity contribution in [2.75, 3.05) is 23.3 Å². The number of aryl methyl sites for hydroxylation is 1. The highest BCUT2D eigenvalue weighted by molar-refractivity contribution is 5.72. The molecule has 0 saturated carbocycles. The van der Waals surface area contributed by atoms with Crippen molar-refractivity contribution in [1.82, 2.24) is 15.0 Å². The van der Waals surface area contributed by atoms with Crippen molar-refractivity contribution < 1.29 is 22.0 Å². The van der Waals surface area contributed by atoms with Gasteiger partial charge in [0, 0.05) is 44.0 Å². The molecule has 0 spiro atoms. The lowest BCUT2D eigenvalue weighted by molar-refractivity contribution is -0.141. The molecule has 168 valence electrons. The number of nitrogens with one attached hydrogen (secondary N) is 1. The molecule has 1 saturated heterocycles. The molecule has 2 aromatic heterocycles. The van der Waals surface area contributed by atoms with Gasteiger partial charge in [0.05, 0.1) is 0 Å². The average molecular weight is 449 g/mol. The molecule has 5 nitrogen and oxygen atoms in total. The van der Waals surface area contributed by atoms with E-state index >= 15 is 0 Å². The van der Waals surface area contributed by atoms with Crippen LogP contribution in [0.5, 0.6) is 0 Å². The summed E-state index contributed by atoms with van der Waals surface area (Å²) in [6.45, 7) is 2.30. The molecule has 0 aliphatic carbocycles. The third-order valence-corrected chi connectivity index (χ3v) is 5.18. The summed E-state index contributed by atoms with van der Waals surface area (Å²) in [6.07, 6.45) is -2.33. The fraction of sp³-hybridized carbons (Fsp3) is 0.318. The van der Waals surface area contributed by atoms with E-state index in [1.165, 1.54) is 0 Å². The monoisotopic (exact) mass is 449 g/mol. The number of anilines is 3. The van der Waals surface area contributed by atoms with Gasteiger partial charge in [-0.1, -0.05) is 6.07 Å². The lowest BCUT2D eigenvalue weighted by Crippen LogP contribution is -2.39. The molecule has 0 bridgehead atoms. The van der Waals surface area contributed by atoms with Gasteiger partial charge in [0.1, 0.15) is 11.5 Å². The van der Waals surface area contributed by atoms with Gasteiger partial charge in [-0.15, -0.1) is 0 Å². The molecule has 4 rings (SSSR count). The number of benzene rings is 1. The Kier molecular flexibility index (Phi) is 5.70. The molecular formula is C22H20F5N5. The smallest absolute Gasteiger partial charge is 0.356 e. The van der Waals surface area contributed by atoms with Crippen molar-refractivity contribution in [3.8, 4) is 11.1 Å². The minimum Gasteiger partial charge on any atom is -0.356 e. The number of halogens is 5. The van der Waals surface area contributed by atoms with Crippen LogP contribution in [-0.4, -0.2) is 34.0 Å². The molecule has 1 N–H and O–H groups in total. The summed E-state index contributed by atoms with van der Waals surface area (Å²) in [6, 6.07) is 9.87. The molecular weight excluding hydrogens is 429 g/mol. The minimum absolute atomic E-state index is 0.166. The number of hydrogen-bond acceptors (Lipinski definition) is 5. The zero-order chi connectivity index (χ0) is 22.9. The van der Waals surface area contributed by atoms with Crippen molar-refractivity contribution in [3.05, 3.63) is 60.0 Å². The normalized spacial score (nSPS) is 16.1. The van der Waals surface area contributed by atoms with E-state index < -0.39 is 17.8 Å². The highest BCUT2D eigenvalue weighted by atomic mass is 19.4. The molecule has 1 fully saturated rings. The fourth-order valence-corrected chi connectivity index (χ4v) is 3.56. The van der Waals surface area contributed by atoms with E-state index in [2.05, 4.69) is 20.3 Å². The highest BCUT2D eigenvalue weighted by Crippen LogP contribution is 2.33. The van der Waals surface area contributed by atoms with Crippen molar-refractivity contribution in [2.45, 2.75) is 31.9 Å². The van der Waals surface area contributed by atoms with Crippen LogP contribution in [-0.2, 0) is 6.18 Å². The maximum Gasteiger partial charge on any atom is 0.433 e. The van der Waals surface area contributed by atoms with E-state index in [0.29, 0.717) is 11.5 Å². The molecule has 32 heavy (non-hydrogen) atoms. The van der Waals surface area contributed by atoms with Crippen LogP contribution < -0.4 is 10.2 Å². The largest absolute Gasteiger partial charge is 0.433 e. The Morgan fingerprint density at radius 2 is 1.66 bits per heavy atom. The summed E-state index contributed by atoms with van der Waals surface area (Å²) in [5.74, 6) is -2.20. The Labute approximate surface area is 181 Å². The SMILES string of the molecule is Cc1cc(Nc2nccc(C(F)(F)F)n2)cc(-c2ccnc(N3CCC(F)(F)CC3)c2)c1. The van der Waals surface area contributed by atoms with Gasteiger partial charge in [-0.2, -0.15) is 13.2 Å². The van der Waals surface area contributed by atoms with E-state index in [-0.39, 0.29) is 31.9 Å². The van der Waals surface area contributed by atoms with Gasteiger partial charge in [0.2, 0.25) is 5.95 Å². The van der Waals surface area contributed by atoms with Crippen LogP contribution in [0.4, 0.5) is 39.4 Å². The molecule has 3 aromatic rings. The van der Waals surface area contributed by atoms with Crippen molar-refractivity contribution in [1.29, 1.82) is 0 Å². The second-order valence-electron chi connectivity index (χ2n) is 7.72. The van der Waals surface area contributed by atoms with Gasteiger partial charge < -0.3 is 10.2 Å². The van der Waals surface area contributed by atoms with Crippen LogP contribution in [0.3, 0.4) is 0 Å². The number of piperidine rings is 1. The first-order valence-electron chi connectivity index (χ1n) is 9.97. The predicted molar refractivity (Wildman–Crippen MR) is 111 cm³/mol. The number of alkyl halides is 5. The van der Waals surface area contributed by atoms with E-state index in [9.17, 15) is 22.0 Å². The van der Waals surface area contributed by atoms with Crippen LogP contribution in [0.25, 0.3) is 11.1 Å². The molecule has 0 atom stereocenters. The summed E-state index contributed by atoms with van der Waals surface area (Å²) in [5.41, 5.74) is 1.96. The Morgan fingerprint density at radius 1 is 0.938 bits per heavy atom. The topological polar surface area (TPSA) is 53.9 Å². The fourth-order valence-electron chi connectivity index (χ4n) is 3.56. The van der Waals surface area contributed by atoms with E-state index in [0.717, 1.165) is 29.0 Å². The first-order valence-corrected chi connectivity index (χ1v) is 9.97. The summed E-state index contributed by atoms with van der Waals surface area (Å²) in [4.78, 5) is 13.5. The zero-order valence-electron chi connectivity index (χ0n) is 17.1. The van der Waals surface area contributed by atoms with Gasteiger partial charge in [0.15, 0.2) is 0 Å². The van der Waals surface area contributed by atoms with E-state index in [1.54, 1.807) is 24.4 Å². The Balaban J connectivity index is 1.58. The van der Waals surface area contributed by atoms with Gasteiger partial charge >= 0.3 is 6.18 Å². The van der Waals surface area contributed by atoms with Crippen molar-refractivity contribution >= 4 is 17.5 Å². The highest BCUT2D eigenvalue weighted by Gasteiger charge is 2.34. The average Bonchev–Trinajstić information content (AvgIpc) is 2.73. The predicted octanol–water partition coefficient (Wildman–Crippen LogP) is 5.84. The van der Waals surface area contributed by atoms with Crippen LogP contribution in [0, 0.1) is 6.92 Å². The number of hydrogen-bond donors (Lipinski definition) is 1. The standard InChI is InChI=1S/C22H20F5N5/c1-14-10-16(12-17(11-14)30-20-29-7-3-18(31-20)22(25,26)27)15-2-6-28-19(13-15)32-8-4-21(23,24)5-9-32/h2-3,6-7,10-13H,4-5,8-9H2,1H3,(H,29,30,31). The van der Waals surface area contributed by atoms with E-state index in [1.807, 2.05) is 24.0 Å². The molecule has 3 heterocycles. The number of rotatable bonds is 4. The quantitative estimate of drug-likeness (QED) is 0.507. The first kappa shape index (κ1) is 21.9. The second kappa shape index (κ2) is 8.33. The molecule has 1 aliphatic rings. The Morgan fingerprint density at radius 3 is 2.38 bits per heavy atom. The molecule has 0 radical (unpaired) electrons. The summed E-state index contributed by atoms with van der Waals surface area (Å²) >= 11 is 0. The van der Waals surface area contributed by atoms with E-state index in [4.69, 9.17) is 0 Å². The maximum atomic E-state index is 13.5. The molecule has 0 unspecified atom stereocenters. The zero-order valence-corrected chi connectivity index (χ0v) is 17.1. The lowest BCUT2D eigenvalue weighted by atomic mass is 10.0. The van der Waals surface area contributed by atoms with Gasteiger partial charge in [-0.3, -0.25) is 0 Å². The lowest BCUT2D eigenvalue weighted by Gasteiger charge is -2.32.